The van der Waals surface area contributed by atoms with Crippen LogP contribution in [0.25, 0.3) is 10.9 Å². The van der Waals surface area contributed by atoms with Gasteiger partial charge < -0.3 is 84.9 Å². The van der Waals surface area contributed by atoms with E-state index in [1.807, 2.05) is 24.3 Å². The van der Waals surface area contributed by atoms with Crippen molar-refractivity contribution in [2.24, 2.45) is 17.4 Å². The minimum atomic E-state index is -1.91. The summed E-state index contributed by atoms with van der Waals surface area (Å²) in [5, 5.41) is 64.1. The van der Waals surface area contributed by atoms with Crippen LogP contribution in [0.3, 0.4) is 0 Å². The van der Waals surface area contributed by atoms with Crippen molar-refractivity contribution in [1.82, 2.24) is 69.0 Å². The van der Waals surface area contributed by atoms with Gasteiger partial charge in [0.2, 0.25) is 53.2 Å². The highest BCUT2D eigenvalue weighted by Gasteiger charge is 2.36. The molecule has 12 amide bonds. The first-order valence-corrected chi connectivity index (χ1v) is 27.5. The number of phenolic OH excluding ortho intramolecular Hbond substituents is 1. The number of rotatable bonds is 32. The van der Waals surface area contributed by atoms with Gasteiger partial charge in [0, 0.05) is 56.9 Å². The number of nitrogens with two attached hydrogens (primary N) is 2. The highest BCUT2D eigenvalue weighted by Crippen LogP contribution is 2.20. The summed E-state index contributed by atoms with van der Waals surface area (Å²) in [4.78, 5) is 150. The summed E-state index contributed by atoms with van der Waals surface area (Å²) in [6, 6.07) is 7.75. The summed E-state index contributed by atoms with van der Waals surface area (Å²) in [5.74, 6) is -10.1. The van der Waals surface area contributed by atoms with Crippen LogP contribution in [-0.4, -0.2) is 166 Å². The number of aromatic hydroxyl groups is 1. The SMILES string of the molecule is CNC(=N)NCCC[C@H](NC(=O)[C@H](CC(C)C)NC(=O)NNC(=O)[C@H](Cc1ccccc1)NC(=O)C(NC(=O)[C@H](CC(N)=O)NC(=O)[C@H](CO)NC(=O)[C@@H](Cc1ccc(O)cc1)NC(C)=O)[C@@H](C)O)C(=O)N[C@@H](Cc1c[nH]c2ccccc12)C(N)=O. The van der Waals surface area contributed by atoms with E-state index in [4.69, 9.17) is 16.9 Å². The van der Waals surface area contributed by atoms with Gasteiger partial charge in [0.1, 0.15) is 54.1 Å². The fourth-order valence-electron chi connectivity index (χ4n) is 8.72. The van der Waals surface area contributed by atoms with Gasteiger partial charge in [-0.15, -0.1) is 0 Å². The number of guanidine groups is 1. The summed E-state index contributed by atoms with van der Waals surface area (Å²) in [6.45, 7) is 4.91. The molecular weight excluding hydrogens is 1120 g/mol. The second-order valence-corrected chi connectivity index (χ2v) is 20.6. The third kappa shape index (κ3) is 22.7. The Morgan fingerprint density at radius 1 is 0.593 bits per heavy atom. The summed E-state index contributed by atoms with van der Waals surface area (Å²) in [6.07, 6.45) is -1.04. The van der Waals surface area contributed by atoms with Crippen molar-refractivity contribution >= 4 is 82.0 Å². The lowest BCUT2D eigenvalue weighted by Crippen LogP contribution is -2.63. The average molecular weight is 1200 g/mol. The van der Waals surface area contributed by atoms with Gasteiger partial charge in [-0.2, -0.15) is 0 Å². The monoisotopic (exact) mass is 1200 g/mol. The Bertz CT molecular complexity index is 3010. The molecule has 4 aromatic rings. The van der Waals surface area contributed by atoms with Crippen LogP contribution in [0, 0.1) is 11.3 Å². The number of hydrogen-bond donors (Lipinski definition) is 19. The minimum Gasteiger partial charge on any atom is -0.508 e. The summed E-state index contributed by atoms with van der Waals surface area (Å²) in [5.41, 5.74) is 18.0. The highest BCUT2D eigenvalue weighted by molar-refractivity contribution is 5.99. The Balaban J connectivity index is 1.47. The van der Waals surface area contributed by atoms with Crippen molar-refractivity contribution in [3.63, 3.8) is 0 Å². The van der Waals surface area contributed by atoms with Gasteiger partial charge in [0.05, 0.1) is 19.1 Å². The zero-order valence-electron chi connectivity index (χ0n) is 48.2. The number of urea groups is 1. The molecule has 30 heteroatoms. The van der Waals surface area contributed by atoms with Crippen molar-refractivity contribution in [2.45, 2.75) is 127 Å². The molecule has 1 aromatic heterocycles. The van der Waals surface area contributed by atoms with Crippen LogP contribution in [-0.2, 0) is 67.2 Å². The Morgan fingerprint density at radius 2 is 1.14 bits per heavy atom. The number of phenols is 1. The molecule has 0 saturated heterocycles. The summed E-state index contributed by atoms with van der Waals surface area (Å²) < 4.78 is 0. The lowest BCUT2D eigenvalue weighted by Gasteiger charge is -2.27. The van der Waals surface area contributed by atoms with E-state index in [9.17, 15) is 68.1 Å². The van der Waals surface area contributed by atoms with E-state index >= 15 is 0 Å². The number of hydrazine groups is 1. The maximum absolute atomic E-state index is 14.1. The standard InChI is InChI=1S/C56H78N16O14/c1-29(2)22-40(49(80)64-38(16-11-21-61-55(59)60-5)48(79)65-39(47(58)78)25-34-27-62-37-15-10-9-14-36(34)37)69-56(86)72-71-53(84)42(23-32-12-7-6-8-13-32)67-54(85)46(30(3)74)70-51(82)43(26-45(57)77)66-52(83)44(28-73)68-50(81)41(63-31(4)75)24-33-17-19-35(76)20-18-33/h6-10,12-15,17-20,27,29-30,38-44,46,62,73-74,76H,11,16,21-26,28H2,1-5H3,(H2,57,77)(H2,58,78)(H,63,75)(H,64,80)(H,65,79)(H,66,83)(H,67,85)(H,68,81)(H,70,82)(H,71,84)(H3,59,60,61)(H2,69,72,86)/t30-,38+,39+,40+,41-,42+,43+,44+,46?/m1/s1. The Hall–Kier alpha value is -9.84. The van der Waals surface area contributed by atoms with Gasteiger partial charge in [0.25, 0.3) is 5.91 Å². The highest BCUT2D eigenvalue weighted by atomic mass is 16.3. The molecule has 0 radical (unpaired) electrons. The predicted octanol–water partition coefficient (Wildman–Crippen LogP) is -3.68. The summed E-state index contributed by atoms with van der Waals surface area (Å²) in [7, 11) is 1.54. The number of aliphatic hydroxyl groups excluding tert-OH is 2. The number of carbonyl (C=O) groups excluding carboxylic acids is 11. The molecule has 3 aromatic carbocycles. The van der Waals surface area contributed by atoms with Crippen molar-refractivity contribution in [2.75, 3.05) is 20.2 Å². The Kier molecular flexibility index (Phi) is 27.2. The van der Waals surface area contributed by atoms with Crippen molar-refractivity contribution < 1.29 is 68.1 Å². The molecule has 0 aliphatic rings. The predicted molar refractivity (Wildman–Crippen MR) is 312 cm³/mol. The number of benzene rings is 3. The molecule has 86 heavy (non-hydrogen) atoms. The van der Waals surface area contributed by atoms with Crippen LogP contribution in [0.4, 0.5) is 4.79 Å². The number of aliphatic hydroxyl groups is 2. The number of para-hydroxylation sites is 1. The largest absolute Gasteiger partial charge is 0.508 e. The minimum absolute atomic E-state index is 0.00178. The van der Waals surface area contributed by atoms with Crippen molar-refractivity contribution in [1.29, 1.82) is 5.41 Å². The molecule has 1 heterocycles. The molecule has 0 aliphatic carbocycles. The van der Waals surface area contributed by atoms with Gasteiger partial charge >= 0.3 is 6.03 Å². The van der Waals surface area contributed by atoms with Gasteiger partial charge in [0.15, 0.2) is 5.96 Å². The van der Waals surface area contributed by atoms with Crippen LogP contribution in [0.15, 0.2) is 85.1 Å². The third-order valence-electron chi connectivity index (χ3n) is 13.1. The van der Waals surface area contributed by atoms with Gasteiger partial charge in [-0.1, -0.05) is 74.5 Å². The second-order valence-electron chi connectivity index (χ2n) is 20.6. The van der Waals surface area contributed by atoms with Crippen LogP contribution in [0.1, 0.15) is 70.1 Å². The Labute approximate surface area is 495 Å². The van der Waals surface area contributed by atoms with E-state index in [2.05, 4.69) is 69.0 Å². The molecule has 466 valence electrons. The fourth-order valence-corrected chi connectivity index (χ4v) is 8.72. The second kappa shape index (κ2) is 34.1. The average Bonchev–Trinajstić information content (AvgIpc) is 3.88. The number of aromatic amines is 1. The number of H-pyrrole nitrogens is 1. The number of carbonyl (C=O) groups is 11. The molecule has 21 N–H and O–H groups in total. The summed E-state index contributed by atoms with van der Waals surface area (Å²) >= 11 is 0. The van der Waals surface area contributed by atoms with E-state index in [1.54, 1.807) is 50.4 Å². The quantitative estimate of drug-likeness (QED) is 0.00969. The number of nitrogens with one attached hydrogen (secondary N) is 14. The lowest BCUT2D eigenvalue weighted by atomic mass is 10.0. The van der Waals surface area contributed by atoms with Gasteiger partial charge in [-0.25, -0.2) is 10.2 Å². The number of primary amides is 2. The maximum Gasteiger partial charge on any atom is 0.334 e. The van der Waals surface area contributed by atoms with Crippen LogP contribution < -0.4 is 75.5 Å². The van der Waals surface area contributed by atoms with E-state index in [-0.39, 0.29) is 62.7 Å². The van der Waals surface area contributed by atoms with Crippen LogP contribution in [0.2, 0.25) is 0 Å². The molecule has 30 nitrogen and oxygen atoms in total. The first-order valence-electron chi connectivity index (χ1n) is 27.5. The number of fused-ring (bicyclic) bond motifs is 1. The molecule has 9 atom stereocenters. The topological polar surface area (TPSA) is 484 Å². The zero-order valence-corrected chi connectivity index (χ0v) is 48.2. The van der Waals surface area contributed by atoms with Gasteiger partial charge in [-0.05, 0) is 67.0 Å². The fraction of sp³-hybridized carbons (Fsp3) is 0.429. The first-order chi connectivity index (χ1) is 40.8. The van der Waals surface area contributed by atoms with Crippen molar-refractivity contribution in [3.8, 4) is 5.75 Å². The number of aromatic nitrogens is 1. The lowest BCUT2D eigenvalue weighted by molar-refractivity contribution is -0.137. The Morgan fingerprint density at radius 3 is 1.74 bits per heavy atom. The number of hydrogen-bond acceptors (Lipinski definition) is 15. The molecule has 1 unspecified atom stereocenters. The van der Waals surface area contributed by atoms with E-state index in [0.717, 1.165) is 24.8 Å². The molecule has 4 rings (SSSR count). The van der Waals surface area contributed by atoms with Gasteiger partial charge in [-0.3, -0.25) is 58.8 Å². The van der Waals surface area contributed by atoms with Crippen molar-refractivity contribution in [3.05, 3.63) is 102 Å². The van der Waals surface area contributed by atoms with Crippen LogP contribution in [0.5, 0.6) is 5.75 Å². The molecular formula is C56H78N16O14. The maximum atomic E-state index is 14.1. The smallest absolute Gasteiger partial charge is 0.334 e. The van der Waals surface area contributed by atoms with Crippen LogP contribution >= 0.6 is 0 Å². The molecule has 0 saturated carbocycles. The number of amides is 12. The third-order valence-corrected chi connectivity index (χ3v) is 13.1. The molecule has 0 fully saturated rings. The molecule has 0 bridgehead atoms. The van der Waals surface area contributed by atoms with E-state index < -0.39 is 133 Å². The van der Waals surface area contributed by atoms with E-state index in [1.165, 1.54) is 31.3 Å². The van der Waals surface area contributed by atoms with E-state index in [0.29, 0.717) is 16.7 Å². The first kappa shape index (κ1) is 68.7. The molecule has 0 aliphatic heterocycles. The zero-order chi connectivity index (χ0) is 63.6. The normalized spacial score (nSPS) is 14.1. The molecule has 0 spiro atoms.